The number of methoxy groups -OCH3 is 1. The number of hydrogen-bond donors (Lipinski definition) is 2. The van der Waals surface area contributed by atoms with Gasteiger partial charge in [-0.05, 0) is 65.2 Å². The summed E-state index contributed by atoms with van der Waals surface area (Å²) in [5.41, 5.74) is 2.91. The molecule has 1 aromatic carbocycles. The molecule has 1 amide bonds. The first-order chi connectivity index (χ1) is 21.8. The van der Waals surface area contributed by atoms with Crippen molar-refractivity contribution in [3.63, 3.8) is 0 Å². The van der Waals surface area contributed by atoms with Crippen molar-refractivity contribution < 1.29 is 23.8 Å². The number of tetrazole rings is 1. The van der Waals surface area contributed by atoms with Gasteiger partial charge in [-0.2, -0.15) is 9.07 Å². The van der Waals surface area contributed by atoms with Crippen LogP contribution in [0, 0.1) is 5.95 Å². The van der Waals surface area contributed by atoms with E-state index in [9.17, 15) is 14.7 Å². The first-order valence-corrected chi connectivity index (χ1v) is 14.3. The summed E-state index contributed by atoms with van der Waals surface area (Å²) in [7, 11) is 1.55. The summed E-state index contributed by atoms with van der Waals surface area (Å²) in [4.78, 5) is 37.7. The molecule has 1 atom stereocenters. The summed E-state index contributed by atoms with van der Waals surface area (Å²) < 4.78 is 28.5. The normalized spacial score (nSPS) is 14.1. The lowest BCUT2D eigenvalue weighted by Gasteiger charge is -2.18. The molecule has 0 radical (unpaired) electrons. The second kappa shape index (κ2) is 12.9. The average molecular weight is 636 g/mol. The molecule has 1 aliphatic rings. The van der Waals surface area contributed by atoms with Gasteiger partial charge in [0.25, 0.3) is 5.56 Å². The van der Waals surface area contributed by atoms with Crippen LogP contribution in [-0.4, -0.2) is 84.4 Å². The molecule has 0 saturated carbocycles. The molecular weight excluding hydrogens is 609 g/mol. The van der Waals surface area contributed by atoms with Crippen molar-refractivity contribution in [1.29, 1.82) is 0 Å². The Morgan fingerprint density at radius 3 is 2.78 bits per heavy atom. The number of benzene rings is 1. The van der Waals surface area contributed by atoms with Crippen LogP contribution >= 0.6 is 11.6 Å². The Bertz CT molecular complexity index is 1880. The van der Waals surface area contributed by atoms with Crippen molar-refractivity contribution >= 4 is 23.5 Å². The minimum atomic E-state index is -1.20. The highest BCUT2D eigenvalue weighted by Gasteiger charge is 2.29. The van der Waals surface area contributed by atoms with Gasteiger partial charge in [0.05, 0.1) is 38.1 Å². The summed E-state index contributed by atoms with van der Waals surface area (Å²) in [6.45, 7) is 0.941. The number of carboxylic acid groups (broad SMARTS) is 1. The van der Waals surface area contributed by atoms with Gasteiger partial charge >= 0.3 is 6.09 Å². The van der Waals surface area contributed by atoms with Gasteiger partial charge in [0, 0.05) is 41.2 Å². The Hall–Kier alpha value is -4.99. The minimum absolute atomic E-state index is 0.0573. The lowest BCUT2D eigenvalue weighted by Crippen LogP contribution is -2.33. The maximum absolute atomic E-state index is 15.2. The summed E-state index contributed by atoms with van der Waals surface area (Å²) in [6, 6.07) is 11.2. The van der Waals surface area contributed by atoms with Gasteiger partial charge in [0.1, 0.15) is 23.7 Å². The number of H-pyrrole nitrogens is 1. The number of nitrogens with one attached hydrogen (secondary N) is 1. The third-order valence-electron chi connectivity index (χ3n) is 7.43. The molecule has 0 fully saturated rings. The van der Waals surface area contributed by atoms with Crippen LogP contribution in [0.4, 0.5) is 15.0 Å². The first-order valence-electron chi connectivity index (χ1n) is 13.9. The van der Waals surface area contributed by atoms with Gasteiger partial charge < -0.3 is 24.1 Å². The van der Waals surface area contributed by atoms with E-state index in [1.165, 1.54) is 29.3 Å². The molecule has 0 unspecified atom stereocenters. The maximum Gasteiger partial charge on any atom is 0.413 e. The van der Waals surface area contributed by atoms with Crippen molar-refractivity contribution in [2.45, 2.75) is 18.9 Å². The Labute approximate surface area is 260 Å². The van der Waals surface area contributed by atoms with E-state index >= 15 is 4.39 Å². The zero-order valence-corrected chi connectivity index (χ0v) is 24.7. The van der Waals surface area contributed by atoms with E-state index in [1.807, 2.05) is 6.07 Å². The van der Waals surface area contributed by atoms with E-state index in [0.29, 0.717) is 53.5 Å². The largest absolute Gasteiger partial charge is 0.465 e. The fourth-order valence-corrected chi connectivity index (χ4v) is 5.51. The van der Waals surface area contributed by atoms with E-state index in [-0.39, 0.29) is 36.0 Å². The van der Waals surface area contributed by atoms with Crippen molar-refractivity contribution in [3.05, 3.63) is 87.8 Å². The van der Waals surface area contributed by atoms with Crippen molar-refractivity contribution in [2.24, 2.45) is 0 Å². The third kappa shape index (κ3) is 6.18. The molecule has 6 rings (SSSR count). The third-order valence-corrected chi connectivity index (χ3v) is 7.66. The van der Waals surface area contributed by atoms with E-state index in [4.69, 9.17) is 21.1 Å². The van der Waals surface area contributed by atoms with Gasteiger partial charge in [0.2, 0.25) is 5.95 Å². The SMILES string of the molecule is COCCOCCN(C(=O)O)c1ccc(-c2[nH]c([C@@H]3CCc4cc(-c5cc(Cl)ccc5-n5cnnn5)cc(=O)n43)nc2F)cn1. The lowest BCUT2D eigenvalue weighted by atomic mass is 10.0. The Balaban J connectivity index is 1.24. The molecule has 0 spiro atoms. The molecule has 0 saturated heterocycles. The number of ether oxygens (including phenoxy) is 2. The Morgan fingerprint density at radius 2 is 2.04 bits per heavy atom. The zero-order valence-electron chi connectivity index (χ0n) is 23.9. The number of aromatic nitrogens is 8. The number of carbonyl (C=O) groups is 1. The van der Waals surface area contributed by atoms with E-state index in [0.717, 1.165) is 10.6 Å². The number of rotatable bonds is 11. The quantitative estimate of drug-likeness (QED) is 0.204. The summed E-state index contributed by atoms with van der Waals surface area (Å²) in [5.74, 6) is -0.307. The second-order valence-corrected chi connectivity index (χ2v) is 10.6. The summed E-state index contributed by atoms with van der Waals surface area (Å²) >= 11 is 6.30. The van der Waals surface area contributed by atoms with Crippen molar-refractivity contribution in [2.75, 3.05) is 38.4 Å². The van der Waals surface area contributed by atoms with Crippen LogP contribution in [0.2, 0.25) is 5.02 Å². The number of pyridine rings is 2. The molecule has 45 heavy (non-hydrogen) atoms. The second-order valence-electron chi connectivity index (χ2n) is 10.1. The molecule has 5 heterocycles. The number of aromatic amines is 1. The summed E-state index contributed by atoms with van der Waals surface area (Å²) in [5, 5.41) is 21.5. The van der Waals surface area contributed by atoms with Gasteiger partial charge in [-0.3, -0.25) is 9.69 Å². The van der Waals surface area contributed by atoms with E-state index in [2.05, 4.69) is 30.5 Å². The predicted molar refractivity (Wildman–Crippen MR) is 160 cm³/mol. The van der Waals surface area contributed by atoms with E-state index in [1.54, 1.807) is 35.9 Å². The smallest absolute Gasteiger partial charge is 0.413 e. The van der Waals surface area contributed by atoms with Crippen LogP contribution in [0.1, 0.15) is 24.0 Å². The number of fused-ring (bicyclic) bond motifs is 1. The van der Waals surface area contributed by atoms with Gasteiger partial charge in [-0.15, -0.1) is 5.10 Å². The van der Waals surface area contributed by atoms with Crippen LogP contribution in [0.25, 0.3) is 28.1 Å². The standard InChI is InChI=1S/C29H27ClFN9O5/c1-44-10-11-45-9-8-38(29(42)43)24-7-2-17(15-32-24)26-27(31)35-28(34-26)23-6-4-20-12-18(13-25(41)40(20)23)21-14-19(30)3-5-22(21)39-16-33-36-37-39/h2-3,5,7,12-16,23H,4,6,8-11H2,1H3,(H,34,35)(H,42,43)/t23-/m0/s1. The molecule has 5 aromatic rings. The molecule has 2 N–H and O–H groups in total. The maximum atomic E-state index is 15.2. The molecular formula is C29H27ClFN9O5. The van der Waals surface area contributed by atoms with E-state index < -0.39 is 18.1 Å². The monoisotopic (exact) mass is 635 g/mol. The van der Waals surface area contributed by atoms with Crippen LogP contribution in [-0.2, 0) is 15.9 Å². The highest BCUT2D eigenvalue weighted by Crippen LogP contribution is 2.35. The topological polar surface area (TPSA) is 166 Å². The van der Waals surface area contributed by atoms with Crippen LogP contribution in [0.15, 0.2) is 59.8 Å². The molecule has 16 heteroatoms. The molecule has 0 bridgehead atoms. The number of imidazole rings is 1. The molecule has 1 aliphatic heterocycles. The highest BCUT2D eigenvalue weighted by molar-refractivity contribution is 6.31. The van der Waals surface area contributed by atoms with Gasteiger partial charge in [-0.25, -0.2) is 14.8 Å². The molecule has 4 aromatic heterocycles. The number of hydrogen-bond acceptors (Lipinski definition) is 9. The van der Waals surface area contributed by atoms with Crippen LogP contribution in [0.5, 0.6) is 0 Å². The predicted octanol–water partition coefficient (Wildman–Crippen LogP) is 3.75. The average Bonchev–Trinajstić information content (AvgIpc) is 3.79. The summed E-state index contributed by atoms with van der Waals surface area (Å²) in [6.07, 6.45) is 2.71. The fourth-order valence-electron chi connectivity index (χ4n) is 5.34. The molecule has 0 aliphatic carbocycles. The number of anilines is 1. The van der Waals surface area contributed by atoms with Crippen molar-refractivity contribution in [1.82, 2.24) is 39.7 Å². The number of aryl methyl sites for hydroxylation is 1. The van der Waals surface area contributed by atoms with Crippen LogP contribution < -0.4 is 10.5 Å². The number of halogens is 2. The van der Waals surface area contributed by atoms with Crippen LogP contribution in [0.3, 0.4) is 0 Å². The molecule has 232 valence electrons. The zero-order chi connectivity index (χ0) is 31.5. The Morgan fingerprint density at radius 1 is 1.18 bits per heavy atom. The van der Waals surface area contributed by atoms with Gasteiger partial charge in [0.15, 0.2) is 0 Å². The number of amides is 1. The lowest BCUT2D eigenvalue weighted by molar-refractivity contribution is 0.0738. The highest BCUT2D eigenvalue weighted by atomic mass is 35.5. The number of nitrogens with zero attached hydrogens (tertiary/aromatic N) is 8. The fraction of sp³-hybridized carbons (Fsp3) is 0.276. The molecule has 14 nitrogen and oxygen atoms in total. The van der Waals surface area contributed by atoms with Crippen molar-refractivity contribution in [3.8, 4) is 28.1 Å². The van der Waals surface area contributed by atoms with Gasteiger partial charge in [-0.1, -0.05) is 11.6 Å². The minimum Gasteiger partial charge on any atom is -0.465 e. The Kier molecular flexibility index (Phi) is 8.64. The first kappa shape index (κ1) is 30.1.